The SMILES string of the molecule is C=CCn1nnc(CCN)c1C. The monoisotopic (exact) mass is 166 g/mol. The molecule has 0 fully saturated rings. The summed E-state index contributed by atoms with van der Waals surface area (Å²) in [5.41, 5.74) is 7.48. The fourth-order valence-corrected chi connectivity index (χ4v) is 1.06. The van der Waals surface area contributed by atoms with Crippen molar-refractivity contribution in [2.45, 2.75) is 19.9 Å². The molecule has 1 aromatic heterocycles. The molecule has 0 saturated heterocycles. The molecule has 0 aliphatic carbocycles. The molecular weight excluding hydrogens is 152 g/mol. The standard InChI is InChI=1S/C8H14N4/c1-3-6-12-7(2)8(4-5-9)10-11-12/h3H,1,4-6,9H2,2H3. The number of allylic oxidation sites excluding steroid dienone is 1. The highest BCUT2D eigenvalue weighted by Crippen LogP contribution is 2.03. The number of hydrogen-bond acceptors (Lipinski definition) is 3. The third-order valence-corrected chi connectivity index (χ3v) is 1.76. The molecule has 1 rings (SSSR count). The van der Waals surface area contributed by atoms with Gasteiger partial charge < -0.3 is 5.73 Å². The zero-order valence-electron chi connectivity index (χ0n) is 7.32. The van der Waals surface area contributed by atoms with Crippen LogP contribution in [0.3, 0.4) is 0 Å². The van der Waals surface area contributed by atoms with Crippen molar-refractivity contribution in [1.29, 1.82) is 0 Å². The highest BCUT2D eigenvalue weighted by molar-refractivity contribution is 5.08. The van der Waals surface area contributed by atoms with Crippen LogP contribution in [-0.4, -0.2) is 21.5 Å². The molecule has 0 radical (unpaired) electrons. The van der Waals surface area contributed by atoms with Gasteiger partial charge in [0, 0.05) is 6.42 Å². The molecule has 12 heavy (non-hydrogen) atoms. The Hall–Kier alpha value is -1.16. The van der Waals surface area contributed by atoms with Gasteiger partial charge in [0.25, 0.3) is 0 Å². The van der Waals surface area contributed by atoms with E-state index in [4.69, 9.17) is 5.73 Å². The van der Waals surface area contributed by atoms with Gasteiger partial charge in [0.15, 0.2) is 0 Å². The molecule has 2 N–H and O–H groups in total. The van der Waals surface area contributed by atoms with E-state index in [1.807, 2.05) is 11.6 Å². The molecule has 0 unspecified atom stereocenters. The van der Waals surface area contributed by atoms with Gasteiger partial charge in [0.05, 0.1) is 17.9 Å². The van der Waals surface area contributed by atoms with Crippen LogP contribution >= 0.6 is 0 Å². The third-order valence-electron chi connectivity index (χ3n) is 1.76. The van der Waals surface area contributed by atoms with E-state index in [0.29, 0.717) is 13.1 Å². The summed E-state index contributed by atoms with van der Waals surface area (Å²) >= 11 is 0. The predicted octanol–water partition coefficient (Wildman–Crippen LogP) is 0.274. The van der Waals surface area contributed by atoms with E-state index >= 15 is 0 Å². The van der Waals surface area contributed by atoms with Crippen molar-refractivity contribution in [2.75, 3.05) is 6.54 Å². The fourth-order valence-electron chi connectivity index (χ4n) is 1.06. The summed E-state index contributed by atoms with van der Waals surface area (Å²) in [5, 5.41) is 7.97. The molecule has 0 aromatic carbocycles. The molecular formula is C8H14N4. The first kappa shape index (κ1) is 8.93. The molecule has 0 aliphatic rings. The Balaban J connectivity index is 2.80. The zero-order chi connectivity index (χ0) is 8.97. The lowest BCUT2D eigenvalue weighted by molar-refractivity contribution is 0.645. The molecule has 66 valence electrons. The molecule has 4 nitrogen and oxygen atoms in total. The third kappa shape index (κ3) is 1.71. The van der Waals surface area contributed by atoms with Crippen LogP contribution in [0.1, 0.15) is 11.4 Å². The van der Waals surface area contributed by atoms with Crippen molar-refractivity contribution < 1.29 is 0 Å². The van der Waals surface area contributed by atoms with Crippen molar-refractivity contribution in [3.63, 3.8) is 0 Å². The van der Waals surface area contributed by atoms with Gasteiger partial charge in [-0.1, -0.05) is 11.3 Å². The lowest BCUT2D eigenvalue weighted by Gasteiger charge is -1.97. The van der Waals surface area contributed by atoms with Crippen molar-refractivity contribution in [2.24, 2.45) is 5.73 Å². The minimum Gasteiger partial charge on any atom is -0.330 e. The van der Waals surface area contributed by atoms with E-state index in [9.17, 15) is 0 Å². The molecule has 0 bridgehead atoms. The average molecular weight is 166 g/mol. The first-order valence-corrected chi connectivity index (χ1v) is 3.99. The maximum absolute atomic E-state index is 5.42. The Labute approximate surface area is 72.1 Å². The van der Waals surface area contributed by atoms with E-state index in [-0.39, 0.29) is 0 Å². The van der Waals surface area contributed by atoms with E-state index in [1.165, 1.54) is 0 Å². The van der Waals surface area contributed by atoms with E-state index in [1.54, 1.807) is 6.08 Å². The number of hydrogen-bond donors (Lipinski definition) is 1. The second-order valence-electron chi connectivity index (χ2n) is 2.63. The fraction of sp³-hybridized carbons (Fsp3) is 0.500. The summed E-state index contributed by atoms with van der Waals surface area (Å²) in [6, 6.07) is 0. The Morgan fingerprint density at radius 1 is 1.67 bits per heavy atom. The normalized spacial score (nSPS) is 10.2. The van der Waals surface area contributed by atoms with Crippen LogP contribution in [0.15, 0.2) is 12.7 Å². The highest BCUT2D eigenvalue weighted by Gasteiger charge is 2.05. The Bertz CT molecular complexity index is 264. The lowest BCUT2D eigenvalue weighted by Crippen LogP contribution is -2.05. The molecule has 4 heteroatoms. The molecule has 1 heterocycles. The van der Waals surface area contributed by atoms with Crippen LogP contribution in [0.4, 0.5) is 0 Å². The van der Waals surface area contributed by atoms with Gasteiger partial charge in [-0.05, 0) is 13.5 Å². The maximum Gasteiger partial charge on any atom is 0.0868 e. The first-order chi connectivity index (χ1) is 5.79. The summed E-state index contributed by atoms with van der Waals surface area (Å²) in [6.07, 6.45) is 2.59. The quantitative estimate of drug-likeness (QED) is 0.653. The minimum atomic E-state index is 0.619. The summed E-state index contributed by atoms with van der Waals surface area (Å²) in [6.45, 7) is 6.96. The molecule has 0 saturated carbocycles. The Morgan fingerprint density at radius 3 is 3.00 bits per heavy atom. The van der Waals surface area contributed by atoms with Gasteiger partial charge >= 0.3 is 0 Å². The number of nitrogens with zero attached hydrogens (tertiary/aromatic N) is 3. The van der Waals surface area contributed by atoms with Crippen LogP contribution in [0.2, 0.25) is 0 Å². The maximum atomic E-state index is 5.42. The van der Waals surface area contributed by atoms with Crippen molar-refractivity contribution in [3.05, 3.63) is 24.0 Å². The van der Waals surface area contributed by atoms with Crippen molar-refractivity contribution >= 4 is 0 Å². The summed E-state index contributed by atoms with van der Waals surface area (Å²) < 4.78 is 1.82. The Morgan fingerprint density at radius 2 is 2.42 bits per heavy atom. The van der Waals surface area contributed by atoms with Gasteiger partial charge in [-0.25, -0.2) is 4.68 Å². The lowest BCUT2D eigenvalue weighted by atomic mass is 10.2. The molecule has 0 spiro atoms. The molecule has 0 amide bonds. The topological polar surface area (TPSA) is 56.7 Å². The summed E-state index contributed by atoms with van der Waals surface area (Å²) in [5.74, 6) is 0. The van der Waals surface area contributed by atoms with E-state index in [0.717, 1.165) is 17.8 Å². The largest absolute Gasteiger partial charge is 0.330 e. The van der Waals surface area contributed by atoms with Crippen LogP contribution in [0.25, 0.3) is 0 Å². The average Bonchev–Trinajstić information content (AvgIpc) is 2.38. The zero-order valence-corrected chi connectivity index (χ0v) is 7.32. The van der Waals surface area contributed by atoms with Gasteiger partial charge in [-0.3, -0.25) is 0 Å². The van der Waals surface area contributed by atoms with E-state index in [2.05, 4.69) is 16.9 Å². The smallest absolute Gasteiger partial charge is 0.0868 e. The van der Waals surface area contributed by atoms with Crippen molar-refractivity contribution in [1.82, 2.24) is 15.0 Å². The second kappa shape index (κ2) is 4.01. The van der Waals surface area contributed by atoms with Crippen molar-refractivity contribution in [3.8, 4) is 0 Å². The van der Waals surface area contributed by atoms with E-state index < -0.39 is 0 Å². The molecule has 0 aliphatic heterocycles. The van der Waals surface area contributed by atoms with Crippen LogP contribution in [-0.2, 0) is 13.0 Å². The van der Waals surface area contributed by atoms with Gasteiger partial charge in [0.1, 0.15) is 0 Å². The molecule has 1 aromatic rings. The summed E-state index contributed by atoms with van der Waals surface area (Å²) in [4.78, 5) is 0. The second-order valence-corrected chi connectivity index (χ2v) is 2.63. The summed E-state index contributed by atoms with van der Waals surface area (Å²) in [7, 11) is 0. The molecule has 0 atom stereocenters. The van der Waals surface area contributed by atoms with Gasteiger partial charge in [-0.2, -0.15) is 0 Å². The Kier molecular flexibility index (Phi) is 2.99. The van der Waals surface area contributed by atoms with Crippen LogP contribution in [0.5, 0.6) is 0 Å². The first-order valence-electron chi connectivity index (χ1n) is 3.99. The number of aromatic nitrogens is 3. The van der Waals surface area contributed by atoms with Gasteiger partial charge in [-0.15, -0.1) is 11.7 Å². The van der Waals surface area contributed by atoms with Gasteiger partial charge in [0.2, 0.25) is 0 Å². The highest BCUT2D eigenvalue weighted by atomic mass is 15.4. The minimum absolute atomic E-state index is 0.619. The predicted molar refractivity (Wildman–Crippen MR) is 47.7 cm³/mol. The number of rotatable bonds is 4. The number of nitrogens with two attached hydrogens (primary N) is 1. The van der Waals surface area contributed by atoms with Crippen LogP contribution in [0, 0.1) is 6.92 Å². The van der Waals surface area contributed by atoms with Crippen LogP contribution < -0.4 is 5.73 Å².